The Morgan fingerprint density at radius 3 is 2.15 bits per heavy atom. The van der Waals surface area contributed by atoms with Crippen LogP contribution in [-0.2, 0) is 17.4 Å². The van der Waals surface area contributed by atoms with E-state index in [1.165, 1.54) is 0 Å². The number of carbonyl (C=O) groups is 2. The van der Waals surface area contributed by atoms with E-state index in [1.807, 2.05) is 32.0 Å². The summed E-state index contributed by atoms with van der Waals surface area (Å²) in [5, 5.41) is 2.48. The molecule has 0 aromatic heterocycles. The first kappa shape index (κ1) is 19.5. The van der Waals surface area contributed by atoms with Gasteiger partial charge in [0.05, 0.1) is 5.56 Å². The summed E-state index contributed by atoms with van der Waals surface area (Å²) in [7, 11) is 0. The third-order valence-electron chi connectivity index (χ3n) is 4.13. The number of hydrogen-bond acceptors (Lipinski definition) is 2. The Kier molecular flexibility index (Phi) is 5.69. The molecule has 0 aliphatic carbocycles. The first-order valence-corrected chi connectivity index (χ1v) is 7.91. The Morgan fingerprint density at radius 2 is 1.65 bits per heavy atom. The molecule has 138 valence electrons. The molecule has 2 amide bonds. The molecule has 0 aliphatic heterocycles. The summed E-state index contributed by atoms with van der Waals surface area (Å²) < 4.78 is 37.7. The van der Waals surface area contributed by atoms with Crippen LogP contribution in [0.25, 0.3) is 0 Å². The Labute approximate surface area is 149 Å². The van der Waals surface area contributed by atoms with E-state index in [4.69, 9.17) is 5.73 Å². The SMILES string of the molecule is Cc1ccc(C[C@@H](NC(=O)c2ccc(C(F)(F)F)cc2)C(N)=O)cc1C. The van der Waals surface area contributed by atoms with Gasteiger partial charge >= 0.3 is 6.18 Å². The third kappa shape index (κ3) is 4.84. The van der Waals surface area contributed by atoms with Gasteiger partial charge in [-0.1, -0.05) is 18.2 Å². The summed E-state index contributed by atoms with van der Waals surface area (Å²) in [5.74, 6) is -1.38. The zero-order chi connectivity index (χ0) is 19.5. The van der Waals surface area contributed by atoms with Gasteiger partial charge in [-0.15, -0.1) is 0 Å². The molecule has 0 saturated heterocycles. The maximum absolute atomic E-state index is 12.6. The number of rotatable bonds is 5. The van der Waals surface area contributed by atoms with Crippen molar-refractivity contribution in [3.63, 3.8) is 0 Å². The highest BCUT2D eigenvalue weighted by molar-refractivity contribution is 5.97. The van der Waals surface area contributed by atoms with Crippen molar-refractivity contribution in [2.24, 2.45) is 5.73 Å². The maximum atomic E-state index is 12.6. The van der Waals surface area contributed by atoms with Gasteiger partial charge in [0.1, 0.15) is 6.04 Å². The first-order chi connectivity index (χ1) is 12.1. The number of hydrogen-bond donors (Lipinski definition) is 2. The van der Waals surface area contributed by atoms with Crippen molar-refractivity contribution in [3.8, 4) is 0 Å². The number of alkyl halides is 3. The Balaban J connectivity index is 2.12. The van der Waals surface area contributed by atoms with E-state index in [0.29, 0.717) is 0 Å². The van der Waals surface area contributed by atoms with Crippen LogP contribution < -0.4 is 11.1 Å². The normalized spacial score (nSPS) is 12.5. The van der Waals surface area contributed by atoms with Crippen LogP contribution in [0.15, 0.2) is 42.5 Å². The number of nitrogens with one attached hydrogen (secondary N) is 1. The van der Waals surface area contributed by atoms with Gasteiger partial charge in [-0.2, -0.15) is 13.2 Å². The number of amides is 2. The Bertz CT molecular complexity index is 815. The molecule has 2 rings (SSSR count). The van der Waals surface area contributed by atoms with Gasteiger partial charge in [0.25, 0.3) is 5.91 Å². The largest absolute Gasteiger partial charge is 0.416 e. The molecule has 0 spiro atoms. The smallest absolute Gasteiger partial charge is 0.368 e. The van der Waals surface area contributed by atoms with Crippen LogP contribution in [-0.4, -0.2) is 17.9 Å². The minimum atomic E-state index is -4.48. The van der Waals surface area contributed by atoms with Gasteiger partial charge < -0.3 is 11.1 Å². The molecule has 0 aliphatic rings. The predicted octanol–water partition coefficient (Wildman–Crippen LogP) is 3.15. The summed E-state index contributed by atoms with van der Waals surface area (Å²) in [6.07, 6.45) is -4.28. The number of primary amides is 1. The van der Waals surface area contributed by atoms with E-state index in [2.05, 4.69) is 5.32 Å². The van der Waals surface area contributed by atoms with E-state index in [0.717, 1.165) is 41.0 Å². The third-order valence-corrected chi connectivity index (χ3v) is 4.13. The molecule has 1 atom stereocenters. The lowest BCUT2D eigenvalue weighted by Crippen LogP contribution is -2.45. The van der Waals surface area contributed by atoms with Crippen LogP contribution in [0.2, 0.25) is 0 Å². The number of benzene rings is 2. The molecular formula is C19H19F3N2O2. The first-order valence-electron chi connectivity index (χ1n) is 7.91. The van der Waals surface area contributed by atoms with Gasteiger partial charge in [0, 0.05) is 12.0 Å². The molecule has 0 bridgehead atoms. The summed E-state index contributed by atoms with van der Waals surface area (Å²) >= 11 is 0. The Hall–Kier alpha value is -2.83. The molecule has 0 radical (unpaired) electrons. The van der Waals surface area contributed by atoms with Gasteiger partial charge in [-0.3, -0.25) is 9.59 Å². The second-order valence-corrected chi connectivity index (χ2v) is 6.13. The van der Waals surface area contributed by atoms with Crippen LogP contribution in [0.3, 0.4) is 0 Å². The maximum Gasteiger partial charge on any atom is 0.416 e. The molecular weight excluding hydrogens is 345 g/mol. The van der Waals surface area contributed by atoms with E-state index in [9.17, 15) is 22.8 Å². The summed E-state index contributed by atoms with van der Waals surface area (Å²) in [6, 6.07) is 8.43. The van der Waals surface area contributed by atoms with Crippen LogP contribution >= 0.6 is 0 Å². The molecule has 3 N–H and O–H groups in total. The monoisotopic (exact) mass is 364 g/mol. The van der Waals surface area contributed by atoms with Crippen LogP contribution in [0, 0.1) is 13.8 Å². The lowest BCUT2D eigenvalue weighted by atomic mass is 10.00. The van der Waals surface area contributed by atoms with E-state index in [-0.39, 0.29) is 12.0 Å². The quantitative estimate of drug-likeness (QED) is 0.856. The van der Waals surface area contributed by atoms with E-state index in [1.54, 1.807) is 0 Å². The van der Waals surface area contributed by atoms with Gasteiger partial charge in [-0.05, 0) is 54.8 Å². The molecule has 0 heterocycles. The molecule has 26 heavy (non-hydrogen) atoms. The summed E-state index contributed by atoms with van der Waals surface area (Å²) in [4.78, 5) is 23.9. The van der Waals surface area contributed by atoms with Crippen molar-refractivity contribution in [3.05, 3.63) is 70.3 Å². The highest BCUT2D eigenvalue weighted by Gasteiger charge is 2.30. The molecule has 0 unspecified atom stereocenters. The second kappa shape index (κ2) is 7.59. The standard InChI is InChI=1S/C19H19F3N2O2/c1-11-3-4-13(9-12(11)2)10-16(17(23)25)24-18(26)14-5-7-15(8-6-14)19(20,21)22/h3-9,16H,10H2,1-2H3,(H2,23,25)(H,24,26)/t16-/m1/s1. The number of halogens is 3. The average molecular weight is 364 g/mol. The number of aryl methyl sites for hydroxylation is 2. The second-order valence-electron chi connectivity index (χ2n) is 6.13. The van der Waals surface area contributed by atoms with Crippen molar-refractivity contribution in [2.75, 3.05) is 0 Å². The van der Waals surface area contributed by atoms with Crippen molar-refractivity contribution in [1.29, 1.82) is 0 Å². The number of nitrogens with two attached hydrogens (primary N) is 1. The van der Waals surface area contributed by atoms with Gasteiger partial charge in [-0.25, -0.2) is 0 Å². The fraction of sp³-hybridized carbons (Fsp3) is 0.263. The van der Waals surface area contributed by atoms with Crippen molar-refractivity contribution in [2.45, 2.75) is 32.5 Å². The lowest BCUT2D eigenvalue weighted by molar-refractivity contribution is -0.137. The van der Waals surface area contributed by atoms with Crippen LogP contribution in [0.5, 0.6) is 0 Å². The van der Waals surface area contributed by atoms with E-state index >= 15 is 0 Å². The molecule has 0 saturated carbocycles. The number of carbonyl (C=O) groups excluding carboxylic acids is 2. The van der Waals surface area contributed by atoms with Crippen molar-refractivity contribution in [1.82, 2.24) is 5.32 Å². The van der Waals surface area contributed by atoms with E-state index < -0.39 is 29.6 Å². The lowest BCUT2D eigenvalue weighted by Gasteiger charge is -2.16. The topological polar surface area (TPSA) is 72.2 Å². The minimum Gasteiger partial charge on any atom is -0.368 e. The summed E-state index contributed by atoms with van der Waals surface area (Å²) in [6.45, 7) is 3.88. The fourth-order valence-electron chi connectivity index (χ4n) is 2.44. The molecule has 0 fully saturated rings. The zero-order valence-electron chi connectivity index (χ0n) is 14.4. The average Bonchev–Trinajstić information content (AvgIpc) is 2.56. The van der Waals surface area contributed by atoms with Crippen LogP contribution in [0.4, 0.5) is 13.2 Å². The molecule has 2 aromatic rings. The van der Waals surface area contributed by atoms with Crippen LogP contribution in [0.1, 0.15) is 32.6 Å². The highest BCUT2D eigenvalue weighted by atomic mass is 19.4. The fourth-order valence-corrected chi connectivity index (χ4v) is 2.44. The molecule has 4 nitrogen and oxygen atoms in total. The predicted molar refractivity (Wildman–Crippen MR) is 91.5 cm³/mol. The molecule has 2 aromatic carbocycles. The highest BCUT2D eigenvalue weighted by Crippen LogP contribution is 2.29. The van der Waals surface area contributed by atoms with Gasteiger partial charge in [0.15, 0.2) is 0 Å². The summed E-state index contributed by atoms with van der Waals surface area (Å²) in [5.41, 5.74) is 7.49. The van der Waals surface area contributed by atoms with Crippen molar-refractivity contribution >= 4 is 11.8 Å². The zero-order valence-corrected chi connectivity index (χ0v) is 14.4. The Morgan fingerprint density at radius 1 is 1.04 bits per heavy atom. The van der Waals surface area contributed by atoms with Gasteiger partial charge in [0.2, 0.25) is 5.91 Å². The van der Waals surface area contributed by atoms with Crippen molar-refractivity contribution < 1.29 is 22.8 Å². The molecule has 7 heteroatoms. The minimum absolute atomic E-state index is 0.0179.